The molecule has 0 bridgehead atoms. The van der Waals surface area contributed by atoms with Crippen LogP contribution >= 0.6 is 15.9 Å². The van der Waals surface area contributed by atoms with E-state index in [1.165, 1.54) is 18.2 Å². The van der Waals surface area contributed by atoms with Crippen molar-refractivity contribution < 1.29 is 18.4 Å². The minimum Gasteiger partial charge on any atom is -0.300 e. The zero-order valence-corrected chi connectivity index (χ0v) is 12.2. The number of Topliss-reactive ketones (excluding diaryl/α,β-unsaturated/α-hetero) is 1. The van der Waals surface area contributed by atoms with Crippen LogP contribution < -0.4 is 4.90 Å². The van der Waals surface area contributed by atoms with Crippen LogP contribution in [0.3, 0.4) is 0 Å². The molecule has 0 atom stereocenters. The Balaban J connectivity index is 2.01. The summed E-state index contributed by atoms with van der Waals surface area (Å²) < 4.78 is 27.2. The van der Waals surface area contributed by atoms with E-state index in [2.05, 4.69) is 15.9 Å². The summed E-state index contributed by atoms with van der Waals surface area (Å²) >= 11 is 3.16. The van der Waals surface area contributed by atoms with E-state index >= 15 is 0 Å². The van der Waals surface area contributed by atoms with Gasteiger partial charge in [-0.25, -0.2) is 8.78 Å². The lowest BCUT2D eigenvalue weighted by atomic mass is 10.1. The molecule has 3 nitrogen and oxygen atoms in total. The van der Waals surface area contributed by atoms with Gasteiger partial charge in [0.15, 0.2) is 0 Å². The van der Waals surface area contributed by atoms with Gasteiger partial charge in [-0.2, -0.15) is 0 Å². The van der Waals surface area contributed by atoms with Crippen molar-refractivity contribution in [2.45, 2.75) is 6.54 Å². The molecule has 1 aliphatic rings. The second-order valence-corrected chi connectivity index (χ2v) is 5.58. The summed E-state index contributed by atoms with van der Waals surface area (Å²) in [6.07, 6.45) is 0. The van der Waals surface area contributed by atoms with Crippen LogP contribution in [0.1, 0.15) is 15.9 Å². The van der Waals surface area contributed by atoms with Crippen LogP contribution in [0.4, 0.5) is 14.5 Å². The molecule has 1 aliphatic heterocycles. The Hall–Kier alpha value is -2.08. The number of ketones is 1. The molecule has 0 aliphatic carbocycles. The number of benzene rings is 2. The largest absolute Gasteiger partial charge is 0.300 e. The molecule has 1 amide bonds. The smallest absolute Gasteiger partial charge is 0.299 e. The van der Waals surface area contributed by atoms with E-state index in [4.69, 9.17) is 0 Å². The lowest BCUT2D eigenvalue weighted by Gasteiger charge is -2.16. The second kappa shape index (κ2) is 5.04. The Kier molecular flexibility index (Phi) is 3.33. The maximum Gasteiger partial charge on any atom is 0.299 e. The Morgan fingerprint density at radius 3 is 2.48 bits per heavy atom. The summed E-state index contributed by atoms with van der Waals surface area (Å²) in [4.78, 5) is 25.0. The minimum atomic E-state index is -0.740. The molecule has 2 aromatic rings. The van der Waals surface area contributed by atoms with Crippen molar-refractivity contribution in [3.8, 4) is 0 Å². The van der Waals surface area contributed by atoms with Gasteiger partial charge in [0.1, 0.15) is 11.6 Å². The van der Waals surface area contributed by atoms with Crippen LogP contribution in [0, 0.1) is 11.6 Å². The lowest BCUT2D eigenvalue weighted by Crippen LogP contribution is -2.29. The molecule has 1 heterocycles. The van der Waals surface area contributed by atoms with E-state index in [0.717, 1.165) is 17.0 Å². The van der Waals surface area contributed by atoms with E-state index in [1.807, 2.05) is 0 Å². The van der Waals surface area contributed by atoms with Crippen LogP contribution in [-0.4, -0.2) is 11.7 Å². The van der Waals surface area contributed by atoms with Gasteiger partial charge in [-0.15, -0.1) is 0 Å². The predicted molar refractivity (Wildman–Crippen MR) is 76.0 cm³/mol. The molecule has 0 radical (unpaired) electrons. The molecule has 6 heteroatoms. The summed E-state index contributed by atoms with van der Waals surface area (Å²) in [7, 11) is 0. The molecule has 0 saturated carbocycles. The molecule has 21 heavy (non-hydrogen) atoms. The third kappa shape index (κ3) is 2.47. The normalized spacial score (nSPS) is 13.8. The SMILES string of the molecule is O=C1C(=O)N(Cc2cc(F)cc(Br)c2)c2cc(F)ccc21. The number of hydrogen-bond acceptors (Lipinski definition) is 2. The van der Waals surface area contributed by atoms with Crippen molar-refractivity contribution >= 4 is 33.3 Å². The van der Waals surface area contributed by atoms with Gasteiger partial charge in [0.25, 0.3) is 11.7 Å². The zero-order chi connectivity index (χ0) is 15.1. The molecule has 0 spiro atoms. The van der Waals surface area contributed by atoms with Gasteiger partial charge in [0.05, 0.1) is 17.8 Å². The van der Waals surface area contributed by atoms with E-state index in [0.29, 0.717) is 10.0 Å². The summed E-state index contributed by atoms with van der Waals surface area (Å²) in [5, 5.41) is 0. The average Bonchev–Trinajstić information content (AvgIpc) is 2.62. The number of hydrogen-bond donors (Lipinski definition) is 0. The maximum absolute atomic E-state index is 13.4. The molecule has 0 aromatic heterocycles. The van der Waals surface area contributed by atoms with Crippen LogP contribution in [0.5, 0.6) is 0 Å². The minimum absolute atomic E-state index is 0.00259. The lowest BCUT2D eigenvalue weighted by molar-refractivity contribution is -0.114. The van der Waals surface area contributed by atoms with Gasteiger partial charge in [-0.1, -0.05) is 15.9 Å². The number of amides is 1. The monoisotopic (exact) mass is 351 g/mol. The Morgan fingerprint density at radius 1 is 1.00 bits per heavy atom. The van der Waals surface area contributed by atoms with Crippen molar-refractivity contribution in [2.75, 3.05) is 4.90 Å². The molecule has 106 valence electrons. The van der Waals surface area contributed by atoms with Crippen molar-refractivity contribution in [3.05, 3.63) is 63.6 Å². The van der Waals surface area contributed by atoms with E-state index < -0.39 is 23.3 Å². The molecular weight excluding hydrogens is 344 g/mol. The average molecular weight is 352 g/mol. The molecule has 2 aromatic carbocycles. The first-order valence-electron chi connectivity index (χ1n) is 6.06. The van der Waals surface area contributed by atoms with Gasteiger partial charge in [0.2, 0.25) is 0 Å². The van der Waals surface area contributed by atoms with Gasteiger partial charge < -0.3 is 4.90 Å². The second-order valence-electron chi connectivity index (χ2n) is 4.66. The van der Waals surface area contributed by atoms with Crippen molar-refractivity contribution in [2.24, 2.45) is 0 Å². The van der Waals surface area contributed by atoms with E-state index in [1.54, 1.807) is 6.07 Å². The summed E-state index contributed by atoms with van der Waals surface area (Å²) in [5.74, 6) is -2.42. The maximum atomic E-state index is 13.4. The summed E-state index contributed by atoms with van der Waals surface area (Å²) in [6, 6.07) is 7.73. The Labute approximate surface area is 127 Å². The summed E-state index contributed by atoms with van der Waals surface area (Å²) in [5.41, 5.74) is 0.877. The van der Waals surface area contributed by atoms with Crippen LogP contribution in [0.15, 0.2) is 40.9 Å². The van der Waals surface area contributed by atoms with E-state index in [-0.39, 0.29) is 17.8 Å². The number of anilines is 1. The van der Waals surface area contributed by atoms with Crippen LogP contribution in [0.25, 0.3) is 0 Å². The fourth-order valence-electron chi connectivity index (χ4n) is 2.31. The fourth-order valence-corrected chi connectivity index (χ4v) is 2.82. The van der Waals surface area contributed by atoms with E-state index in [9.17, 15) is 18.4 Å². The van der Waals surface area contributed by atoms with Crippen molar-refractivity contribution in [3.63, 3.8) is 0 Å². The standard InChI is InChI=1S/C15H8BrF2NO2/c16-9-3-8(4-11(18)5-9)7-19-13-6-10(17)1-2-12(13)14(20)15(19)21/h1-6H,7H2. The first-order valence-corrected chi connectivity index (χ1v) is 6.86. The molecule has 3 rings (SSSR count). The van der Waals surface area contributed by atoms with Gasteiger partial charge in [-0.05, 0) is 42.0 Å². The molecule has 0 unspecified atom stereocenters. The fraction of sp³-hybridized carbons (Fsp3) is 0.0667. The highest BCUT2D eigenvalue weighted by Gasteiger charge is 2.36. The highest BCUT2D eigenvalue weighted by molar-refractivity contribution is 9.10. The first kappa shape index (κ1) is 13.9. The third-order valence-electron chi connectivity index (χ3n) is 3.20. The first-order chi connectivity index (χ1) is 9.95. The molecule has 0 fully saturated rings. The third-order valence-corrected chi connectivity index (χ3v) is 3.66. The van der Waals surface area contributed by atoms with Crippen molar-refractivity contribution in [1.29, 1.82) is 0 Å². The van der Waals surface area contributed by atoms with Crippen LogP contribution in [0.2, 0.25) is 0 Å². The molecule has 0 saturated heterocycles. The number of fused-ring (bicyclic) bond motifs is 1. The number of carbonyl (C=O) groups excluding carboxylic acids is 2. The quantitative estimate of drug-likeness (QED) is 0.777. The highest BCUT2D eigenvalue weighted by Crippen LogP contribution is 2.31. The number of carbonyl (C=O) groups is 2. The number of halogens is 3. The Bertz CT molecular complexity index is 756. The van der Waals surface area contributed by atoms with Gasteiger partial charge >= 0.3 is 0 Å². The van der Waals surface area contributed by atoms with Crippen molar-refractivity contribution in [1.82, 2.24) is 0 Å². The zero-order valence-electron chi connectivity index (χ0n) is 10.6. The summed E-state index contributed by atoms with van der Waals surface area (Å²) in [6.45, 7) is -0.00259. The highest BCUT2D eigenvalue weighted by atomic mass is 79.9. The Morgan fingerprint density at radius 2 is 1.76 bits per heavy atom. The van der Waals surface area contributed by atoms with Gasteiger partial charge in [0, 0.05) is 4.47 Å². The number of rotatable bonds is 2. The molecular formula is C15H8BrF2NO2. The topological polar surface area (TPSA) is 37.4 Å². The van der Waals surface area contributed by atoms with Crippen LogP contribution in [-0.2, 0) is 11.3 Å². The van der Waals surface area contributed by atoms with Gasteiger partial charge in [-0.3, -0.25) is 9.59 Å². The molecule has 0 N–H and O–H groups in total. The number of nitrogens with zero attached hydrogens (tertiary/aromatic N) is 1. The predicted octanol–water partition coefficient (Wildman–Crippen LogP) is 3.46.